The van der Waals surface area contributed by atoms with Crippen LogP contribution in [0, 0.1) is 0 Å². The Morgan fingerprint density at radius 3 is 1.38 bits per heavy atom. The molecule has 4 aromatic rings. The zero-order valence-electron chi connectivity index (χ0n) is 18.8. The average Bonchev–Trinajstić information content (AvgIpc) is 3.15. The van der Waals surface area contributed by atoms with E-state index in [0.717, 1.165) is 12.1 Å². The number of benzene rings is 4. The number of fused-ring (bicyclic) bond motifs is 3. The van der Waals surface area contributed by atoms with Gasteiger partial charge in [0.25, 0.3) is 20.0 Å². The molecule has 12 heteroatoms. The van der Waals surface area contributed by atoms with Crippen LogP contribution < -0.4 is 9.44 Å². The van der Waals surface area contributed by atoms with Crippen molar-refractivity contribution < 1.29 is 32.3 Å². The van der Waals surface area contributed by atoms with Crippen LogP contribution in [0.3, 0.4) is 0 Å². The first-order valence-corrected chi connectivity index (χ1v) is 13.7. The van der Waals surface area contributed by atoms with E-state index in [4.69, 9.17) is 0 Å². The third-order valence-electron chi connectivity index (χ3n) is 5.70. The van der Waals surface area contributed by atoms with Gasteiger partial charge in [0.1, 0.15) is 17.2 Å². The molecule has 0 heterocycles. The highest BCUT2D eigenvalue weighted by Gasteiger charge is 2.28. The van der Waals surface area contributed by atoms with Gasteiger partial charge in [0.15, 0.2) is 0 Å². The maximum atomic E-state index is 12.8. The zero-order valence-corrected chi connectivity index (χ0v) is 20.5. The van der Waals surface area contributed by atoms with Crippen LogP contribution in [-0.4, -0.2) is 38.0 Å². The molecular weight excluding hydrogens is 518 g/mol. The molecule has 0 saturated carbocycles. The van der Waals surface area contributed by atoms with Crippen LogP contribution in [0.5, 0.6) is 11.5 Å². The fourth-order valence-corrected chi connectivity index (χ4v) is 6.24. The number of hydrogen-bond donors (Lipinski definition) is 5. The molecule has 0 saturated heterocycles. The Labute approximate surface area is 212 Å². The van der Waals surface area contributed by atoms with Gasteiger partial charge in [-0.15, -0.1) is 0 Å². The van der Waals surface area contributed by atoms with E-state index in [1.54, 1.807) is 24.3 Å². The second kappa shape index (κ2) is 8.84. The molecule has 0 fully saturated rings. The van der Waals surface area contributed by atoms with Crippen LogP contribution in [0.1, 0.15) is 11.1 Å². The summed E-state index contributed by atoms with van der Waals surface area (Å²) in [7, 11) is -8.02. The number of rotatable bonds is 6. The van der Waals surface area contributed by atoms with Crippen LogP contribution in [-0.2, 0) is 20.0 Å². The second-order valence-corrected chi connectivity index (χ2v) is 11.5. The van der Waals surface area contributed by atoms with Crippen molar-refractivity contribution >= 4 is 37.1 Å². The van der Waals surface area contributed by atoms with Gasteiger partial charge < -0.3 is 15.4 Å². The summed E-state index contributed by atoms with van der Waals surface area (Å²) in [4.78, 5) is -0.257. The van der Waals surface area contributed by atoms with Crippen molar-refractivity contribution in [2.24, 2.45) is 5.16 Å². The van der Waals surface area contributed by atoms with Crippen LogP contribution in [0.4, 0.5) is 11.4 Å². The SMILES string of the molecule is O=S(=O)(Nc1ccc2c(c1)C(=NO)c1cc(NS(=O)(=O)c3cccc(O)c3)ccc1-2)c1cccc(O)c1. The molecule has 0 unspecified atom stereocenters. The van der Waals surface area contributed by atoms with Crippen molar-refractivity contribution in [2.45, 2.75) is 9.79 Å². The van der Waals surface area contributed by atoms with Crippen molar-refractivity contribution in [1.29, 1.82) is 0 Å². The smallest absolute Gasteiger partial charge is 0.262 e. The molecule has 1 aliphatic carbocycles. The average molecular weight is 538 g/mol. The van der Waals surface area contributed by atoms with E-state index in [9.17, 15) is 32.3 Å². The molecule has 0 radical (unpaired) electrons. The topological polar surface area (TPSA) is 165 Å². The van der Waals surface area contributed by atoms with Gasteiger partial charge in [-0.3, -0.25) is 9.44 Å². The van der Waals surface area contributed by atoms with Gasteiger partial charge in [0.05, 0.1) is 9.79 Å². The van der Waals surface area contributed by atoms with Gasteiger partial charge in [-0.1, -0.05) is 29.4 Å². The minimum Gasteiger partial charge on any atom is -0.508 e. The number of hydrogen-bond acceptors (Lipinski definition) is 8. The summed E-state index contributed by atoms with van der Waals surface area (Å²) in [5.74, 6) is -0.394. The van der Waals surface area contributed by atoms with E-state index in [1.165, 1.54) is 48.5 Å². The highest BCUT2D eigenvalue weighted by atomic mass is 32.2. The first-order chi connectivity index (χ1) is 17.6. The highest BCUT2D eigenvalue weighted by Crippen LogP contribution is 2.40. The molecule has 5 N–H and O–H groups in total. The summed E-state index contributed by atoms with van der Waals surface area (Å²) in [5, 5.41) is 32.4. The summed E-state index contributed by atoms with van der Waals surface area (Å²) >= 11 is 0. The summed E-state index contributed by atoms with van der Waals surface area (Å²) < 4.78 is 55.9. The monoisotopic (exact) mass is 537 g/mol. The molecule has 0 bridgehead atoms. The second-order valence-electron chi connectivity index (χ2n) is 8.18. The summed E-state index contributed by atoms with van der Waals surface area (Å²) in [5.41, 5.74) is 2.70. The van der Waals surface area contributed by atoms with Crippen molar-refractivity contribution in [3.05, 3.63) is 96.1 Å². The summed E-state index contributed by atoms with van der Waals surface area (Å²) in [6.45, 7) is 0. The lowest BCUT2D eigenvalue weighted by Gasteiger charge is -2.10. The van der Waals surface area contributed by atoms with E-state index in [-0.39, 0.29) is 38.4 Å². The quantitative estimate of drug-likeness (QED) is 0.162. The van der Waals surface area contributed by atoms with E-state index in [2.05, 4.69) is 14.6 Å². The fraction of sp³-hybridized carbons (Fsp3) is 0. The molecule has 0 spiro atoms. The first-order valence-electron chi connectivity index (χ1n) is 10.7. The molecule has 0 atom stereocenters. The number of anilines is 2. The number of phenols is 2. The number of nitrogens with one attached hydrogen (secondary N) is 2. The predicted octanol–water partition coefficient (Wildman–Crippen LogP) is 3.91. The van der Waals surface area contributed by atoms with Gasteiger partial charge in [0.2, 0.25) is 0 Å². The molecule has 1 aliphatic rings. The summed E-state index contributed by atoms with van der Waals surface area (Å²) in [6.07, 6.45) is 0. The molecule has 0 aliphatic heterocycles. The number of oxime groups is 1. The van der Waals surface area contributed by atoms with Crippen LogP contribution in [0.2, 0.25) is 0 Å². The Balaban J connectivity index is 1.46. The van der Waals surface area contributed by atoms with E-state index >= 15 is 0 Å². The lowest BCUT2D eigenvalue weighted by Crippen LogP contribution is -2.13. The number of phenolic OH excluding ortho intramolecular Hbond substituents is 2. The van der Waals surface area contributed by atoms with Crippen LogP contribution >= 0.6 is 0 Å². The predicted molar refractivity (Wildman–Crippen MR) is 137 cm³/mol. The molecule has 0 amide bonds. The maximum Gasteiger partial charge on any atom is 0.262 e. The zero-order chi connectivity index (χ0) is 26.4. The molecule has 4 aromatic carbocycles. The molecule has 5 rings (SSSR count). The Bertz CT molecular complexity index is 1670. The van der Waals surface area contributed by atoms with Crippen molar-refractivity contribution in [3.8, 4) is 22.6 Å². The third-order valence-corrected chi connectivity index (χ3v) is 8.46. The standard InChI is InChI=1S/C25H19N3O7S2/c29-17-3-1-5-19(13-17)36(32,33)27-15-7-9-21-22-10-8-16(12-24(22)25(26-31)23(21)11-15)28-37(34,35)20-6-2-4-18(30)14-20/h1-14,27-31H. The Morgan fingerprint density at radius 1 is 0.568 bits per heavy atom. The van der Waals surface area contributed by atoms with Gasteiger partial charge in [0, 0.05) is 34.6 Å². The molecule has 0 aromatic heterocycles. The number of sulfonamides is 2. The van der Waals surface area contributed by atoms with Crippen molar-refractivity contribution in [2.75, 3.05) is 9.44 Å². The van der Waals surface area contributed by atoms with E-state index in [1.807, 2.05) is 0 Å². The molecule has 188 valence electrons. The van der Waals surface area contributed by atoms with Gasteiger partial charge in [-0.2, -0.15) is 0 Å². The molecule has 37 heavy (non-hydrogen) atoms. The maximum absolute atomic E-state index is 12.8. The van der Waals surface area contributed by atoms with Gasteiger partial charge in [-0.05, 0) is 59.7 Å². The lowest BCUT2D eigenvalue weighted by atomic mass is 10.1. The highest BCUT2D eigenvalue weighted by molar-refractivity contribution is 7.93. The van der Waals surface area contributed by atoms with Crippen molar-refractivity contribution in [1.82, 2.24) is 0 Å². The summed E-state index contributed by atoms with van der Waals surface area (Å²) in [6, 6.07) is 19.8. The van der Waals surface area contributed by atoms with Crippen LogP contribution in [0.15, 0.2) is 99.9 Å². The molecular formula is C25H19N3O7S2. The van der Waals surface area contributed by atoms with Crippen LogP contribution in [0.25, 0.3) is 11.1 Å². The Hall–Kier alpha value is -4.55. The Morgan fingerprint density at radius 2 is 1.00 bits per heavy atom. The van der Waals surface area contributed by atoms with Gasteiger partial charge >= 0.3 is 0 Å². The largest absolute Gasteiger partial charge is 0.508 e. The molecule has 10 nitrogen and oxygen atoms in total. The van der Waals surface area contributed by atoms with E-state index in [0.29, 0.717) is 22.3 Å². The van der Waals surface area contributed by atoms with Crippen molar-refractivity contribution in [3.63, 3.8) is 0 Å². The van der Waals surface area contributed by atoms with Gasteiger partial charge in [-0.25, -0.2) is 16.8 Å². The van der Waals surface area contributed by atoms with E-state index < -0.39 is 20.0 Å². The minimum absolute atomic E-state index is 0.127. The lowest BCUT2D eigenvalue weighted by molar-refractivity contribution is 0.320. The normalized spacial score (nSPS) is 12.5. The fourth-order valence-electron chi connectivity index (χ4n) is 4.06. The Kier molecular flexibility index (Phi) is 5.77. The number of nitrogens with zero attached hydrogens (tertiary/aromatic N) is 1. The third kappa shape index (κ3) is 4.55. The number of aromatic hydroxyl groups is 2. The minimum atomic E-state index is -4.01. The first kappa shape index (κ1) is 24.2.